The third-order valence-corrected chi connectivity index (χ3v) is 9.02. The summed E-state index contributed by atoms with van der Waals surface area (Å²) in [6, 6.07) is 1.84. The first-order valence-corrected chi connectivity index (χ1v) is 14.2. The summed E-state index contributed by atoms with van der Waals surface area (Å²) in [4.78, 5) is 21.1. The fourth-order valence-corrected chi connectivity index (χ4v) is 5.34. The molecule has 0 radical (unpaired) electrons. The average molecular weight is 475 g/mol. The molecule has 1 amide bonds. The van der Waals surface area contributed by atoms with Gasteiger partial charge in [0.2, 0.25) is 15.9 Å². The van der Waals surface area contributed by atoms with Crippen LogP contribution in [-0.2, 0) is 21.2 Å². The Balaban J connectivity index is 1.60. The van der Waals surface area contributed by atoms with Crippen LogP contribution < -0.4 is 10.0 Å². The van der Waals surface area contributed by atoms with Crippen molar-refractivity contribution in [1.29, 1.82) is 0 Å². The maximum Gasteiger partial charge on any atom is 0.223 e. The van der Waals surface area contributed by atoms with Crippen LogP contribution in [0.1, 0.15) is 52.3 Å². The van der Waals surface area contributed by atoms with Gasteiger partial charge in [-0.1, -0.05) is 0 Å². The molecule has 0 atom stereocenters. The van der Waals surface area contributed by atoms with Crippen LogP contribution in [-0.4, -0.2) is 59.4 Å². The van der Waals surface area contributed by atoms with Crippen molar-refractivity contribution in [3.8, 4) is 0 Å². The van der Waals surface area contributed by atoms with E-state index in [1.807, 2.05) is 12.3 Å². The summed E-state index contributed by atoms with van der Waals surface area (Å²) in [5.41, 5.74) is 0. The Bertz CT molecular complexity index is 789. The van der Waals surface area contributed by atoms with E-state index in [0.29, 0.717) is 19.4 Å². The van der Waals surface area contributed by atoms with Gasteiger partial charge in [-0.2, -0.15) is 11.8 Å². The van der Waals surface area contributed by atoms with E-state index >= 15 is 0 Å². The fourth-order valence-electron chi connectivity index (χ4n) is 3.14. The highest BCUT2D eigenvalue weighted by Gasteiger charge is 2.33. The number of amides is 1. The predicted molar refractivity (Wildman–Crippen MR) is 125 cm³/mol. The molecule has 10 heteroatoms. The molecule has 170 valence electrons. The highest BCUT2D eigenvalue weighted by Crippen LogP contribution is 2.26. The number of aromatic nitrogens is 2. The Morgan fingerprint density at radius 3 is 2.53 bits per heavy atom. The summed E-state index contributed by atoms with van der Waals surface area (Å²) in [6.07, 6.45) is 7.47. The maximum absolute atomic E-state index is 12.4. The zero-order valence-electron chi connectivity index (χ0n) is 18.3. The molecule has 2 N–H and O–H groups in total. The Labute approximate surface area is 189 Å². The lowest BCUT2D eigenvalue weighted by atomic mass is 9.86. The van der Waals surface area contributed by atoms with Crippen molar-refractivity contribution in [3.63, 3.8) is 0 Å². The second-order valence-electron chi connectivity index (χ2n) is 8.45. The van der Waals surface area contributed by atoms with Crippen LogP contribution in [0.4, 0.5) is 0 Å². The van der Waals surface area contributed by atoms with Gasteiger partial charge in [0.05, 0.1) is 9.77 Å². The largest absolute Gasteiger partial charge is 0.355 e. The summed E-state index contributed by atoms with van der Waals surface area (Å²) in [5, 5.41) is 4.01. The molecule has 1 heterocycles. The molecule has 1 saturated carbocycles. The molecule has 1 aliphatic rings. The quantitative estimate of drug-likeness (QED) is 0.305. The van der Waals surface area contributed by atoms with E-state index in [0.717, 1.165) is 41.6 Å². The Morgan fingerprint density at radius 1 is 1.20 bits per heavy atom. The van der Waals surface area contributed by atoms with Gasteiger partial charge in [0.15, 0.2) is 0 Å². The van der Waals surface area contributed by atoms with Crippen LogP contribution >= 0.6 is 23.5 Å². The zero-order chi connectivity index (χ0) is 22.2. The SMILES string of the molecule is CSc1ccnc(CCSCCNC(=O)C2CCC(NS(=O)(=O)C(C)(C)C)CC2)n1. The van der Waals surface area contributed by atoms with Gasteiger partial charge in [-0.15, -0.1) is 11.8 Å². The molecule has 0 spiro atoms. The molecule has 1 aromatic heterocycles. The lowest BCUT2D eigenvalue weighted by Gasteiger charge is -2.30. The van der Waals surface area contributed by atoms with Crippen molar-refractivity contribution in [3.05, 3.63) is 18.1 Å². The van der Waals surface area contributed by atoms with Crippen molar-refractivity contribution in [2.45, 2.75) is 68.7 Å². The van der Waals surface area contributed by atoms with Crippen LogP contribution in [0.5, 0.6) is 0 Å². The number of carbonyl (C=O) groups is 1. The number of hydrogen-bond donors (Lipinski definition) is 2. The van der Waals surface area contributed by atoms with Gasteiger partial charge in [0.1, 0.15) is 5.82 Å². The third kappa shape index (κ3) is 8.01. The molecular weight excluding hydrogens is 440 g/mol. The standard InChI is InChI=1S/C20H34N4O3S3/c1-20(2,3)30(26,27)24-16-7-5-15(6-8-16)19(25)22-12-14-29-13-10-17-21-11-9-18(23-17)28-4/h9,11,15-16,24H,5-8,10,12-14H2,1-4H3,(H,22,25). The molecule has 0 aliphatic heterocycles. The van der Waals surface area contributed by atoms with Crippen molar-refractivity contribution in [2.24, 2.45) is 5.92 Å². The lowest BCUT2D eigenvalue weighted by Crippen LogP contribution is -2.46. The van der Waals surface area contributed by atoms with Gasteiger partial charge < -0.3 is 5.32 Å². The summed E-state index contributed by atoms with van der Waals surface area (Å²) >= 11 is 3.39. The van der Waals surface area contributed by atoms with Crippen LogP contribution in [0.25, 0.3) is 0 Å². The summed E-state index contributed by atoms with van der Waals surface area (Å²) in [5.74, 6) is 2.70. The van der Waals surface area contributed by atoms with Gasteiger partial charge in [0.25, 0.3) is 0 Å². The van der Waals surface area contributed by atoms with E-state index < -0.39 is 14.8 Å². The van der Waals surface area contributed by atoms with Gasteiger partial charge in [-0.25, -0.2) is 23.1 Å². The topological polar surface area (TPSA) is 101 Å². The van der Waals surface area contributed by atoms with Crippen LogP contribution in [0.3, 0.4) is 0 Å². The summed E-state index contributed by atoms with van der Waals surface area (Å²) in [7, 11) is -3.35. The number of nitrogens with zero attached hydrogens (tertiary/aromatic N) is 2. The van der Waals surface area contributed by atoms with Crippen LogP contribution in [0.2, 0.25) is 0 Å². The van der Waals surface area contributed by atoms with E-state index in [9.17, 15) is 13.2 Å². The molecule has 1 aliphatic carbocycles. The first-order chi connectivity index (χ1) is 14.1. The first kappa shape index (κ1) is 25.4. The number of hydrogen-bond acceptors (Lipinski definition) is 7. The second-order valence-corrected chi connectivity index (χ2v) is 13.0. The molecule has 2 rings (SSSR count). The molecule has 30 heavy (non-hydrogen) atoms. The average Bonchev–Trinajstić information content (AvgIpc) is 2.70. The number of aryl methyl sites for hydroxylation is 1. The van der Waals surface area contributed by atoms with E-state index in [1.165, 1.54) is 0 Å². The fraction of sp³-hybridized carbons (Fsp3) is 0.750. The Hall–Kier alpha value is -0.840. The molecule has 7 nitrogen and oxygen atoms in total. The molecule has 0 bridgehead atoms. The smallest absolute Gasteiger partial charge is 0.223 e. The summed E-state index contributed by atoms with van der Waals surface area (Å²) < 4.78 is 26.6. The minimum absolute atomic E-state index is 0.0203. The Kier molecular flexibility index (Phi) is 9.90. The molecule has 0 unspecified atom stereocenters. The number of thioether (sulfide) groups is 2. The minimum Gasteiger partial charge on any atom is -0.355 e. The number of rotatable bonds is 10. The number of carbonyl (C=O) groups excluding carboxylic acids is 1. The van der Waals surface area contributed by atoms with E-state index in [4.69, 9.17) is 0 Å². The molecule has 1 aromatic rings. The van der Waals surface area contributed by atoms with Gasteiger partial charge in [0, 0.05) is 42.6 Å². The van der Waals surface area contributed by atoms with Crippen LogP contribution in [0.15, 0.2) is 17.3 Å². The van der Waals surface area contributed by atoms with E-state index in [2.05, 4.69) is 20.0 Å². The normalized spacial score (nSPS) is 20.1. The third-order valence-electron chi connectivity index (χ3n) is 5.13. The van der Waals surface area contributed by atoms with E-state index in [-0.39, 0.29) is 17.9 Å². The Morgan fingerprint density at radius 2 is 1.90 bits per heavy atom. The van der Waals surface area contributed by atoms with Crippen molar-refractivity contribution in [1.82, 2.24) is 20.0 Å². The molecule has 1 fully saturated rings. The molecule has 0 saturated heterocycles. The maximum atomic E-state index is 12.4. The molecule has 0 aromatic carbocycles. The van der Waals surface area contributed by atoms with Crippen molar-refractivity contribution >= 4 is 39.5 Å². The van der Waals surface area contributed by atoms with Crippen LogP contribution in [0, 0.1) is 5.92 Å². The number of sulfonamides is 1. The highest BCUT2D eigenvalue weighted by atomic mass is 32.2. The summed E-state index contributed by atoms with van der Waals surface area (Å²) in [6.45, 7) is 5.73. The predicted octanol–water partition coefficient (Wildman–Crippen LogP) is 2.87. The highest BCUT2D eigenvalue weighted by molar-refractivity contribution is 7.99. The monoisotopic (exact) mass is 474 g/mol. The first-order valence-electron chi connectivity index (χ1n) is 10.4. The lowest BCUT2D eigenvalue weighted by molar-refractivity contribution is -0.125. The number of nitrogens with one attached hydrogen (secondary N) is 2. The second kappa shape index (κ2) is 11.7. The zero-order valence-corrected chi connectivity index (χ0v) is 20.8. The molecular formula is C20H34N4O3S3. The van der Waals surface area contributed by atoms with Gasteiger partial charge >= 0.3 is 0 Å². The van der Waals surface area contributed by atoms with Crippen molar-refractivity contribution in [2.75, 3.05) is 24.3 Å². The van der Waals surface area contributed by atoms with E-state index in [1.54, 1.807) is 50.5 Å². The van der Waals surface area contributed by atoms with Crippen molar-refractivity contribution < 1.29 is 13.2 Å². The minimum atomic E-state index is -3.35. The van der Waals surface area contributed by atoms with Gasteiger partial charge in [-0.05, 0) is 58.8 Å². The van der Waals surface area contributed by atoms with Gasteiger partial charge in [-0.3, -0.25) is 4.79 Å².